The van der Waals surface area contributed by atoms with Gasteiger partial charge < -0.3 is 5.11 Å². The van der Waals surface area contributed by atoms with E-state index in [0.29, 0.717) is 17.0 Å². The van der Waals surface area contributed by atoms with E-state index in [2.05, 4.69) is 37.7 Å². The molecule has 0 atom stereocenters. The fraction of sp³-hybridized carbons (Fsp3) is 0.0769. The van der Waals surface area contributed by atoms with E-state index in [-0.39, 0.29) is 5.69 Å². The molecule has 20 heavy (non-hydrogen) atoms. The Labute approximate surface area is 127 Å². The van der Waals surface area contributed by atoms with Gasteiger partial charge in [-0.25, -0.2) is 14.3 Å². The number of halogens is 1. The van der Waals surface area contributed by atoms with E-state index in [1.807, 2.05) is 13.0 Å². The van der Waals surface area contributed by atoms with Crippen LogP contribution in [0.15, 0.2) is 30.5 Å². The molecule has 3 aromatic heterocycles. The highest BCUT2D eigenvalue weighted by Crippen LogP contribution is 2.22. The lowest BCUT2D eigenvalue weighted by atomic mass is 10.2. The van der Waals surface area contributed by atoms with E-state index in [9.17, 15) is 9.90 Å². The van der Waals surface area contributed by atoms with Gasteiger partial charge in [0.15, 0.2) is 11.3 Å². The number of rotatable bonds is 2. The molecule has 3 rings (SSSR count). The molecule has 0 aliphatic rings. The SMILES string of the molecule is Cc1nn2c(C(=O)O)cc(-c3ccccn3)nc2c1I. The molecule has 0 aliphatic heterocycles. The van der Waals surface area contributed by atoms with Crippen molar-refractivity contribution in [2.75, 3.05) is 0 Å². The second-order valence-electron chi connectivity index (χ2n) is 4.18. The number of nitrogens with zero attached hydrogens (tertiary/aromatic N) is 4. The van der Waals surface area contributed by atoms with Crippen LogP contribution in [0.2, 0.25) is 0 Å². The summed E-state index contributed by atoms with van der Waals surface area (Å²) < 4.78 is 2.19. The smallest absolute Gasteiger partial charge is 0.354 e. The Hall–Kier alpha value is -2.03. The van der Waals surface area contributed by atoms with Gasteiger partial charge in [-0.05, 0) is 47.7 Å². The van der Waals surface area contributed by atoms with E-state index in [1.165, 1.54) is 10.6 Å². The summed E-state index contributed by atoms with van der Waals surface area (Å²) in [4.78, 5) is 20.1. The first-order valence-corrected chi connectivity index (χ1v) is 6.86. The van der Waals surface area contributed by atoms with Crippen molar-refractivity contribution in [2.45, 2.75) is 6.92 Å². The van der Waals surface area contributed by atoms with Gasteiger partial charge in [0.25, 0.3) is 0 Å². The Kier molecular flexibility index (Phi) is 3.13. The summed E-state index contributed by atoms with van der Waals surface area (Å²) in [5.74, 6) is -1.05. The normalized spacial score (nSPS) is 10.9. The first-order chi connectivity index (χ1) is 9.58. The molecule has 0 saturated heterocycles. The van der Waals surface area contributed by atoms with Crippen LogP contribution in [0.5, 0.6) is 0 Å². The highest BCUT2D eigenvalue weighted by molar-refractivity contribution is 14.1. The van der Waals surface area contributed by atoms with Crippen LogP contribution in [0.1, 0.15) is 16.2 Å². The summed E-state index contributed by atoms with van der Waals surface area (Å²) in [6, 6.07) is 6.91. The lowest BCUT2D eigenvalue weighted by molar-refractivity contribution is 0.0687. The number of carboxylic acids is 1. The number of pyridine rings is 1. The van der Waals surface area contributed by atoms with Gasteiger partial charge in [0, 0.05) is 6.20 Å². The van der Waals surface area contributed by atoms with Crippen molar-refractivity contribution in [3.05, 3.63) is 45.4 Å². The van der Waals surface area contributed by atoms with Crippen LogP contribution in [0, 0.1) is 10.5 Å². The Bertz CT molecular complexity index is 814. The van der Waals surface area contributed by atoms with Crippen LogP contribution in [0.3, 0.4) is 0 Å². The van der Waals surface area contributed by atoms with Crippen LogP contribution in [-0.4, -0.2) is 30.7 Å². The maximum absolute atomic E-state index is 11.4. The van der Waals surface area contributed by atoms with Gasteiger partial charge in [-0.15, -0.1) is 0 Å². The molecule has 1 N–H and O–H groups in total. The van der Waals surface area contributed by atoms with E-state index in [1.54, 1.807) is 18.3 Å². The number of carboxylic acid groups (broad SMARTS) is 1. The van der Waals surface area contributed by atoms with Crippen LogP contribution in [-0.2, 0) is 0 Å². The highest BCUT2D eigenvalue weighted by atomic mass is 127. The third kappa shape index (κ3) is 2.03. The molecule has 6 nitrogen and oxygen atoms in total. The minimum Gasteiger partial charge on any atom is -0.477 e. The largest absolute Gasteiger partial charge is 0.477 e. The van der Waals surface area contributed by atoms with E-state index in [4.69, 9.17) is 0 Å². The minimum absolute atomic E-state index is 0.0710. The Balaban J connectivity index is 2.36. The average molecular weight is 380 g/mol. The number of carbonyl (C=O) groups is 1. The van der Waals surface area contributed by atoms with Crippen molar-refractivity contribution in [1.29, 1.82) is 0 Å². The number of aromatic carboxylic acids is 1. The molecule has 3 aromatic rings. The molecule has 0 radical (unpaired) electrons. The fourth-order valence-electron chi connectivity index (χ4n) is 1.90. The van der Waals surface area contributed by atoms with Crippen molar-refractivity contribution in [2.24, 2.45) is 0 Å². The Morgan fingerprint density at radius 1 is 1.35 bits per heavy atom. The molecule has 7 heteroatoms. The molecule has 0 unspecified atom stereocenters. The quantitative estimate of drug-likeness (QED) is 0.691. The summed E-state index contributed by atoms with van der Waals surface area (Å²) in [5.41, 5.74) is 2.50. The molecular weight excluding hydrogens is 371 g/mol. The molecule has 0 aromatic carbocycles. The Morgan fingerprint density at radius 2 is 2.15 bits per heavy atom. The van der Waals surface area contributed by atoms with Crippen molar-refractivity contribution in [3.63, 3.8) is 0 Å². The number of fused-ring (bicyclic) bond motifs is 1. The predicted octanol–water partition coefficient (Wildman–Crippen LogP) is 2.40. The third-order valence-electron chi connectivity index (χ3n) is 2.84. The first kappa shape index (κ1) is 13.0. The molecule has 0 saturated carbocycles. The monoisotopic (exact) mass is 380 g/mol. The predicted molar refractivity (Wildman–Crippen MR) is 80.6 cm³/mol. The topological polar surface area (TPSA) is 80.4 Å². The highest BCUT2D eigenvalue weighted by Gasteiger charge is 2.18. The first-order valence-electron chi connectivity index (χ1n) is 5.78. The van der Waals surface area contributed by atoms with Crippen molar-refractivity contribution >= 4 is 34.2 Å². The summed E-state index contributed by atoms with van der Waals surface area (Å²) >= 11 is 2.11. The zero-order valence-corrected chi connectivity index (χ0v) is 12.6. The summed E-state index contributed by atoms with van der Waals surface area (Å²) in [6.07, 6.45) is 1.65. The number of aryl methyl sites for hydroxylation is 1. The van der Waals surface area contributed by atoms with Crippen LogP contribution in [0.4, 0.5) is 0 Å². The second-order valence-corrected chi connectivity index (χ2v) is 5.26. The van der Waals surface area contributed by atoms with Crippen molar-refractivity contribution < 1.29 is 9.90 Å². The lowest BCUT2D eigenvalue weighted by Gasteiger charge is -2.04. The van der Waals surface area contributed by atoms with Crippen molar-refractivity contribution in [1.82, 2.24) is 19.6 Å². The van der Waals surface area contributed by atoms with E-state index < -0.39 is 5.97 Å². The van der Waals surface area contributed by atoms with Gasteiger partial charge in [-0.1, -0.05) is 6.07 Å². The van der Waals surface area contributed by atoms with Gasteiger partial charge in [-0.2, -0.15) is 5.10 Å². The molecule has 100 valence electrons. The average Bonchev–Trinajstić information content (AvgIpc) is 2.74. The van der Waals surface area contributed by atoms with Gasteiger partial charge in [0.2, 0.25) is 0 Å². The lowest BCUT2D eigenvalue weighted by Crippen LogP contribution is -2.08. The molecular formula is C13H9IN4O2. The maximum Gasteiger partial charge on any atom is 0.354 e. The number of aromatic nitrogens is 4. The van der Waals surface area contributed by atoms with Gasteiger partial charge in [-0.3, -0.25) is 4.98 Å². The van der Waals surface area contributed by atoms with Crippen molar-refractivity contribution in [3.8, 4) is 11.4 Å². The minimum atomic E-state index is -1.05. The van der Waals surface area contributed by atoms with E-state index in [0.717, 1.165) is 9.26 Å². The van der Waals surface area contributed by atoms with Gasteiger partial charge in [0.1, 0.15) is 0 Å². The summed E-state index contributed by atoms with van der Waals surface area (Å²) in [7, 11) is 0. The summed E-state index contributed by atoms with van der Waals surface area (Å²) in [6.45, 7) is 1.82. The molecule has 0 fully saturated rings. The van der Waals surface area contributed by atoms with Crippen LogP contribution < -0.4 is 0 Å². The van der Waals surface area contributed by atoms with Gasteiger partial charge in [0.05, 0.1) is 20.7 Å². The summed E-state index contributed by atoms with van der Waals surface area (Å²) in [5, 5.41) is 13.6. The molecule has 0 bridgehead atoms. The van der Waals surface area contributed by atoms with E-state index >= 15 is 0 Å². The van der Waals surface area contributed by atoms with Crippen LogP contribution in [0.25, 0.3) is 17.0 Å². The zero-order valence-electron chi connectivity index (χ0n) is 10.4. The van der Waals surface area contributed by atoms with Gasteiger partial charge >= 0.3 is 5.97 Å². The second kappa shape index (κ2) is 4.82. The fourth-order valence-corrected chi connectivity index (χ4v) is 2.35. The molecule has 0 spiro atoms. The molecule has 3 heterocycles. The molecule has 0 aliphatic carbocycles. The standard InChI is InChI=1S/C13H9IN4O2/c1-7-11(14)12-16-9(8-4-2-3-5-15-8)6-10(13(19)20)18(12)17-7/h2-6H,1H3,(H,19,20). The Morgan fingerprint density at radius 3 is 2.80 bits per heavy atom. The molecule has 0 amide bonds. The number of hydrogen-bond donors (Lipinski definition) is 1. The third-order valence-corrected chi connectivity index (χ3v) is 4.10. The zero-order chi connectivity index (χ0) is 14.3. The van der Waals surface area contributed by atoms with Crippen LogP contribution >= 0.6 is 22.6 Å². The maximum atomic E-state index is 11.4. The number of hydrogen-bond acceptors (Lipinski definition) is 4.